The van der Waals surface area contributed by atoms with Gasteiger partial charge in [0, 0.05) is 5.69 Å². The predicted octanol–water partition coefficient (Wildman–Crippen LogP) is 2.91. The van der Waals surface area contributed by atoms with E-state index in [1.165, 1.54) is 6.07 Å². The van der Waals surface area contributed by atoms with Gasteiger partial charge in [-0.05, 0) is 49.2 Å². The van der Waals surface area contributed by atoms with Crippen LogP contribution in [0.1, 0.15) is 23.0 Å². The Morgan fingerprint density at radius 3 is 2.72 bits per heavy atom. The summed E-state index contributed by atoms with van der Waals surface area (Å²) in [6.07, 6.45) is 0.222. The number of halogens is 2. The van der Waals surface area contributed by atoms with Gasteiger partial charge in [-0.25, -0.2) is 8.78 Å². The maximum Gasteiger partial charge on any atom is 0.126 e. The quantitative estimate of drug-likeness (QED) is 0.907. The van der Waals surface area contributed by atoms with Crippen molar-refractivity contribution in [3.63, 3.8) is 0 Å². The molecule has 0 aliphatic rings. The smallest absolute Gasteiger partial charge is 0.126 e. The van der Waals surface area contributed by atoms with Gasteiger partial charge in [0.25, 0.3) is 0 Å². The Morgan fingerprint density at radius 1 is 1.22 bits per heavy atom. The zero-order chi connectivity index (χ0) is 13.1. The molecule has 94 valence electrons. The maximum atomic E-state index is 13.5. The van der Waals surface area contributed by atoms with Gasteiger partial charge >= 0.3 is 0 Å². The minimum Gasteiger partial charge on any atom is -0.322 e. The average molecular weight is 248 g/mol. The zero-order valence-corrected chi connectivity index (χ0v) is 10.0. The third-order valence-corrected chi connectivity index (χ3v) is 2.74. The van der Waals surface area contributed by atoms with Crippen LogP contribution in [-0.4, -0.2) is 4.98 Å². The number of hydrogen-bond acceptors (Lipinski definition) is 2. The normalized spacial score (nSPS) is 12.4. The lowest BCUT2D eigenvalue weighted by Gasteiger charge is -2.12. The number of pyridine rings is 1. The Morgan fingerprint density at radius 2 is 2.00 bits per heavy atom. The molecule has 0 saturated carbocycles. The van der Waals surface area contributed by atoms with E-state index in [0.29, 0.717) is 5.69 Å². The molecular weight excluding hydrogens is 234 g/mol. The molecule has 0 amide bonds. The minimum atomic E-state index is -0.462. The van der Waals surface area contributed by atoms with Crippen molar-refractivity contribution in [1.29, 1.82) is 0 Å². The summed E-state index contributed by atoms with van der Waals surface area (Å²) in [7, 11) is 0. The van der Waals surface area contributed by atoms with Crippen LogP contribution >= 0.6 is 0 Å². The number of hydrogen-bond donors (Lipinski definition) is 1. The van der Waals surface area contributed by atoms with E-state index in [1.54, 1.807) is 6.07 Å². The molecule has 2 N–H and O–H groups in total. The third-order valence-electron chi connectivity index (χ3n) is 2.74. The van der Waals surface area contributed by atoms with E-state index in [0.717, 1.165) is 17.8 Å². The van der Waals surface area contributed by atoms with Gasteiger partial charge in [0.1, 0.15) is 11.6 Å². The number of aromatic nitrogens is 1. The molecule has 0 bridgehead atoms. The second-order valence-electron chi connectivity index (χ2n) is 4.25. The topological polar surface area (TPSA) is 38.9 Å². The van der Waals surface area contributed by atoms with E-state index in [1.807, 2.05) is 19.1 Å². The Bertz CT molecular complexity index is 555. The molecule has 2 nitrogen and oxygen atoms in total. The lowest BCUT2D eigenvalue weighted by Crippen LogP contribution is -2.16. The van der Waals surface area contributed by atoms with E-state index in [4.69, 9.17) is 5.73 Å². The Kier molecular flexibility index (Phi) is 3.67. The van der Waals surface area contributed by atoms with Gasteiger partial charge in [-0.1, -0.05) is 6.07 Å². The van der Waals surface area contributed by atoms with Crippen LogP contribution in [0.3, 0.4) is 0 Å². The summed E-state index contributed by atoms with van der Waals surface area (Å²) in [6.45, 7) is 1.86. The standard InChI is InChI=1S/C14H14F2N2/c1-9-3-2-4-14(18-9)13(17)8-10-7-11(15)5-6-12(10)16/h2-7,13H,8,17H2,1H3. The molecule has 18 heavy (non-hydrogen) atoms. The molecule has 1 heterocycles. The first-order chi connectivity index (χ1) is 8.56. The second kappa shape index (κ2) is 5.23. The first-order valence-corrected chi connectivity index (χ1v) is 5.69. The molecule has 1 aromatic heterocycles. The summed E-state index contributed by atoms with van der Waals surface area (Å²) < 4.78 is 26.5. The Balaban J connectivity index is 2.21. The average Bonchev–Trinajstić information content (AvgIpc) is 2.34. The molecular formula is C14H14F2N2. The number of rotatable bonds is 3. The lowest BCUT2D eigenvalue weighted by atomic mass is 10.0. The third kappa shape index (κ3) is 2.90. The van der Waals surface area contributed by atoms with E-state index < -0.39 is 17.7 Å². The fourth-order valence-electron chi connectivity index (χ4n) is 1.81. The van der Waals surface area contributed by atoms with Gasteiger partial charge in [0.15, 0.2) is 0 Å². The number of nitrogens with two attached hydrogens (primary N) is 1. The molecule has 0 spiro atoms. The Labute approximate surface area is 104 Å². The second-order valence-corrected chi connectivity index (χ2v) is 4.25. The van der Waals surface area contributed by atoms with E-state index in [-0.39, 0.29) is 12.0 Å². The first kappa shape index (κ1) is 12.6. The molecule has 0 aliphatic carbocycles. The van der Waals surface area contributed by atoms with Crippen molar-refractivity contribution in [3.8, 4) is 0 Å². The number of benzene rings is 1. The van der Waals surface area contributed by atoms with Crippen LogP contribution in [-0.2, 0) is 6.42 Å². The van der Waals surface area contributed by atoms with Gasteiger partial charge in [-0.2, -0.15) is 0 Å². The molecule has 0 fully saturated rings. The zero-order valence-electron chi connectivity index (χ0n) is 10.0. The van der Waals surface area contributed by atoms with Crippen LogP contribution in [0.5, 0.6) is 0 Å². The number of aryl methyl sites for hydroxylation is 1. The van der Waals surface area contributed by atoms with Crippen molar-refractivity contribution in [2.75, 3.05) is 0 Å². The highest BCUT2D eigenvalue weighted by Gasteiger charge is 2.12. The molecule has 1 atom stereocenters. The van der Waals surface area contributed by atoms with Crippen molar-refractivity contribution >= 4 is 0 Å². The van der Waals surface area contributed by atoms with Gasteiger partial charge in [-0.3, -0.25) is 4.98 Å². The van der Waals surface area contributed by atoms with Crippen LogP contribution in [0.4, 0.5) is 8.78 Å². The van der Waals surface area contributed by atoms with Gasteiger partial charge in [0.05, 0.1) is 11.7 Å². The van der Waals surface area contributed by atoms with E-state index >= 15 is 0 Å². The van der Waals surface area contributed by atoms with Gasteiger partial charge < -0.3 is 5.73 Å². The monoisotopic (exact) mass is 248 g/mol. The molecule has 0 radical (unpaired) electrons. The van der Waals surface area contributed by atoms with Crippen LogP contribution < -0.4 is 5.73 Å². The van der Waals surface area contributed by atoms with Crippen LogP contribution in [0, 0.1) is 18.6 Å². The summed E-state index contributed by atoms with van der Waals surface area (Å²) in [6, 6.07) is 8.43. The minimum absolute atomic E-state index is 0.222. The maximum absolute atomic E-state index is 13.5. The molecule has 0 aliphatic heterocycles. The van der Waals surface area contributed by atoms with Crippen molar-refractivity contribution in [1.82, 2.24) is 4.98 Å². The molecule has 1 unspecified atom stereocenters. The van der Waals surface area contributed by atoms with Crippen molar-refractivity contribution in [2.24, 2.45) is 5.73 Å². The largest absolute Gasteiger partial charge is 0.322 e. The summed E-state index contributed by atoms with van der Waals surface area (Å²) in [5.41, 5.74) is 7.76. The SMILES string of the molecule is Cc1cccc(C(N)Cc2cc(F)ccc2F)n1. The number of nitrogens with zero attached hydrogens (tertiary/aromatic N) is 1. The highest BCUT2D eigenvalue weighted by atomic mass is 19.1. The molecule has 2 aromatic rings. The first-order valence-electron chi connectivity index (χ1n) is 5.69. The molecule has 2 rings (SSSR count). The van der Waals surface area contributed by atoms with Crippen molar-refractivity contribution in [2.45, 2.75) is 19.4 Å². The molecule has 0 saturated heterocycles. The Hall–Kier alpha value is -1.81. The summed E-state index contributed by atoms with van der Waals surface area (Å²) >= 11 is 0. The van der Waals surface area contributed by atoms with Gasteiger partial charge in [-0.15, -0.1) is 0 Å². The highest BCUT2D eigenvalue weighted by molar-refractivity contribution is 5.22. The summed E-state index contributed by atoms with van der Waals surface area (Å²) in [5, 5.41) is 0. The van der Waals surface area contributed by atoms with Crippen LogP contribution in [0.2, 0.25) is 0 Å². The molecule has 4 heteroatoms. The fourth-order valence-corrected chi connectivity index (χ4v) is 1.81. The van der Waals surface area contributed by atoms with E-state index in [9.17, 15) is 8.78 Å². The van der Waals surface area contributed by atoms with E-state index in [2.05, 4.69) is 4.98 Å². The predicted molar refractivity (Wildman–Crippen MR) is 66.0 cm³/mol. The van der Waals surface area contributed by atoms with Gasteiger partial charge in [0.2, 0.25) is 0 Å². The van der Waals surface area contributed by atoms with Crippen molar-refractivity contribution in [3.05, 3.63) is 65.0 Å². The lowest BCUT2D eigenvalue weighted by molar-refractivity contribution is 0.570. The summed E-state index contributed by atoms with van der Waals surface area (Å²) in [5.74, 6) is -0.907. The molecule has 1 aromatic carbocycles. The summed E-state index contributed by atoms with van der Waals surface area (Å²) in [4.78, 5) is 4.28. The highest BCUT2D eigenvalue weighted by Crippen LogP contribution is 2.18. The van der Waals surface area contributed by atoms with Crippen LogP contribution in [0.25, 0.3) is 0 Å². The van der Waals surface area contributed by atoms with Crippen LogP contribution in [0.15, 0.2) is 36.4 Å². The fraction of sp³-hybridized carbons (Fsp3) is 0.214. The van der Waals surface area contributed by atoms with Crippen molar-refractivity contribution < 1.29 is 8.78 Å².